The number of nitrogens with zero attached hydrogens (tertiary/aromatic N) is 3. The van der Waals surface area contributed by atoms with Crippen LogP contribution in [0.3, 0.4) is 0 Å². The van der Waals surface area contributed by atoms with Crippen molar-refractivity contribution >= 4 is 21.0 Å². The molecule has 1 aromatic carbocycles. The molecule has 3 heterocycles. The van der Waals surface area contributed by atoms with Gasteiger partial charge in [-0.3, -0.25) is 4.57 Å². The minimum atomic E-state index is -3.50. The van der Waals surface area contributed by atoms with Crippen LogP contribution in [0.15, 0.2) is 47.4 Å². The average Bonchev–Trinajstić information content (AvgIpc) is 3.11. The first-order valence-electron chi connectivity index (χ1n) is 11.1. The average molecular weight is 497 g/mol. The van der Waals surface area contributed by atoms with Crippen molar-refractivity contribution in [3.8, 4) is 22.8 Å². The molecule has 0 aliphatic carbocycles. The van der Waals surface area contributed by atoms with Crippen LogP contribution in [0.5, 0.6) is 11.6 Å². The van der Waals surface area contributed by atoms with Crippen LogP contribution in [0, 0.1) is 13.8 Å². The van der Waals surface area contributed by atoms with E-state index in [-0.39, 0.29) is 11.6 Å². The number of nitrogens with one attached hydrogen (secondary N) is 1. The van der Waals surface area contributed by atoms with Crippen LogP contribution >= 0.6 is 0 Å². The minimum absolute atomic E-state index is 0.226. The number of hydrogen-bond acceptors (Lipinski definition) is 7. The zero-order chi connectivity index (χ0) is 25.3. The number of pyridine rings is 2. The van der Waals surface area contributed by atoms with Gasteiger partial charge in [-0.15, -0.1) is 0 Å². The number of benzene rings is 1. The fourth-order valence-electron chi connectivity index (χ4n) is 4.19. The maximum Gasteiger partial charge on any atom is 0.328 e. The molecule has 1 atom stereocenters. The van der Waals surface area contributed by atoms with E-state index < -0.39 is 21.6 Å². The number of fused-ring (bicyclic) bond motifs is 1. The van der Waals surface area contributed by atoms with Gasteiger partial charge in [0.25, 0.3) is 5.88 Å². The van der Waals surface area contributed by atoms with Gasteiger partial charge < -0.3 is 14.5 Å². The van der Waals surface area contributed by atoms with E-state index in [2.05, 4.69) is 21.0 Å². The van der Waals surface area contributed by atoms with Gasteiger partial charge in [-0.1, -0.05) is 23.8 Å². The summed E-state index contributed by atoms with van der Waals surface area (Å²) < 4.78 is 36.9. The molecule has 0 radical (unpaired) electrons. The predicted octanol–water partition coefficient (Wildman–Crippen LogP) is 3.44. The van der Waals surface area contributed by atoms with Crippen LogP contribution in [-0.4, -0.2) is 53.7 Å². The van der Waals surface area contributed by atoms with Gasteiger partial charge in [0.05, 0.1) is 36.7 Å². The normalized spacial score (nSPS) is 12.6. The summed E-state index contributed by atoms with van der Waals surface area (Å²) in [5, 5.41) is 0. The second-order valence-corrected chi connectivity index (χ2v) is 10.7. The number of hydrogen-bond donors (Lipinski definition) is 1. The second-order valence-electron chi connectivity index (χ2n) is 8.50. The number of H-pyrrole nitrogens is 1. The number of aromatic amines is 1. The molecule has 0 fully saturated rings. The number of aromatic nitrogens is 4. The number of imidazole rings is 1. The summed E-state index contributed by atoms with van der Waals surface area (Å²) in [7, 11) is -2.00. The van der Waals surface area contributed by atoms with Crippen molar-refractivity contribution in [2.45, 2.75) is 26.8 Å². The molecule has 0 unspecified atom stereocenters. The molecule has 4 rings (SSSR count). The molecule has 0 amide bonds. The molecule has 9 nitrogen and oxygen atoms in total. The molecule has 0 aliphatic heterocycles. The Bertz CT molecular complexity index is 1560. The number of sulfone groups is 1. The van der Waals surface area contributed by atoms with Crippen LogP contribution in [-0.2, 0) is 9.84 Å². The van der Waals surface area contributed by atoms with E-state index in [0.29, 0.717) is 29.2 Å². The zero-order valence-electron chi connectivity index (χ0n) is 20.3. The summed E-state index contributed by atoms with van der Waals surface area (Å²) in [5.41, 5.74) is 4.82. The lowest BCUT2D eigenvalue weighted by Crippen LogP contribution is -2.29. The fourth-order valence-corrected chi connectivity index (χ4v) is 5.08. The molecule has 0 spiro atoms. The van der Waals surface area contributed by atoms with Crippen molar-refractivity contribution in [1.29, 1.82) is 0 Å². The maximum absolute atomic E-state index is 13.1. The first-order valence-corrected chi connectivity index (χ1v) is 13.2. The summed E-state index contributed by atoms with van der Waals surface area (Å²) in [6, 6.07) is 10.3. The Kier molecular flexibility index (Phi) is 6.66. The molecule has 0 saturated heterocycles. The van der Waals surface area contributed by atoms with Gasteiger partial charge in [-0.05, 0) is 50.1 Å². The Morgan fingerprint density at radius 3 is 2.57 bits per heavy atom. The van der Waals surface area contributed by atoms with E-state index in [1.165, 1.54) is 11.7 Å². The number of methoxy groups -OCH3 is 1. The molecule has 0 saturated carbocycles. The Morgan fingerprint density at radius 1 is 1.14 bits per heavy atom. The monoisotopic (exact) mass is 496 g/mol. The third kappa shape index (κ3) is 5.07. The lowest BCUT2D eigenvalue weighted by Gasteiger charge is -2.19. The summed E-state index contributed by atoms with van der Waals surface area (Å²) in [6.45, 7) is 6.21. The molecule has 10 heteroatoms. The maximum atomic E-state index is 13.1. The van der Waals surface area contributed by atoms with Crippen LogP contribution in [0.2, 0.25) is 0 Å². The Morgan fingerprint density at radius 2 is 1.91 bits per heavy atom. The molecular weight excluding hydrogens is 468 g/mol. The molecule has 184 valence electrons. The van der Waals surface area contributed by atoms with Crippen molar-refractivity contribution in [2.24, 2.45) is 0 Å². The highest BCUT2D eigenvalue weighted by Crippen LogP contribution is 2.30. The van der Waals surface area contributed by atoms with E-state index in [1.807, 2.05) is 39.0 Å². The summed E-state index contributed by atoms with van der Waals surface area (Å²) in [4.78, 5) is 25.0. The molecular formula is C25H28N4O5S. The van der Waals surface area contributed by atoms with Gasteiger partial charge in [-0.25, -0.2) is 23.2 Å². The van der Waals surface area contributed by atoms with Gasteiger partial charge in [0, 0.05) is 18.0 Å². The quantitative estimate of drug-likeness (QED) is 0.397. The standard InChI is InChI=1S/C25H28N4O5S/c1-6-34-24-22(33-4)10-9-19(27-24)21(14-35(5,31)32)29-23-20(28-25(29)30)12-17(13-26-23)18-8-7-15(2)11-16(18)3/h7-13,21H,6,14H2,1-5H3,(H,28,30)/t21-/m1/s1. The first kappa shape index (κ1) is 24.5. The first-order chi connectivity index (χ1) is 16.6. The predicted molar refractivity (Wildman–Crippen MR) is 135 cm³/mol. The Labute approximate surface area is 203 Å². The van der Waals surface area contributed by atoms with E-state index in [1.54, 1.807) is 18.3 Å². The summed E-state index contributed by atoms with van der Waals surface area (Å²) >= 11 is 0. The van der Waals surface area contributed by atoms with Crippen molar-refractivity contribution < 1.29 is 17.9 Å². The lowest BCUT2D eigenvalue weighted by molar-refractivity contribution is 0.296. The number of aryl methyl sites for hydroxylation is 2. The SMILES string of the molecule is CCOc1nc([C@@H](CS(C)(=O)=O)n2c(=O)[nH]c3cc(-c4ccc(C)cc4C)cnc32)ccc1OC. The molecule has 0 bridgehead atoms. The number of ether oxygens (including phenoxy) is 2. The second kappa shape index (κ2) is 9.53. The van der Waals surface area contributed by atoms with Gasteiger partial charge in [0.15, 0.2) is 11.4 Å². The van der Waals surface area contributed by atoms with Crippen molar-refractivity contribution in [3.05, 3.63) is 69.9 Å². The molecule has 4 aromatic rings. The van der Waals surface area contributed by atoms with Gasteiger partial charge >= 0.3 is 5.69 Å². The largest absolute Gasteiger partial charge is 0.491 e. The van der Waals surface area contributed by atoms with Crippen LogP contribution in [0.25, 0.3) is 22.3 Å². The zero-order valence-corrected chi connectivity index (χ0v) is 21.1. The van der Waals surface area contributed by atoms with Crippen molar-refractivity contribution in [2.75, 3.05) is 25.7 Å². The topological polar surface area (TPSA) is 116 Å². The third-order valence-electron chi connectivity index (χ3n) is 5.71. The summed E-state index contributed by atoms with van der Waals surface area (Å²) in [5.74, 6) is 0.297. The molecule has 3 aromatic heterocycles. The van der Waals surface area contributed by atoms with Crippen molar-refractivity contribution in [3.63, 3.8) is 0 Å². The van der Waals surface area contributed by atoms with E-state index in [0.717, 1.165) is 28.5 Å². The van der Waals surface area contributed by atoms with E-state index in [9.17, 15) is 13.2 Å². The smallest absolute Gasteiger partial charge is 0.328 e. The Hall–Kier alpha value is -3.66. The van der Waals surface area contributed by atoms with Crippen LogP contribution < -0.4 is 15.2 Å². The van der Waals surface area contributed by atoms with Gasteiger partial charge in [-0.2, -0.15) is 0 Å². The highest BCUT2D eigenvalue weighted by molar-refractivity contribution is 7.90. The Balaban J connectivity index is 1.88. The highest BCUT2D eigenvalue weighted by Gasteiger charge is 2.27. The fraction of sp³-hybridized carbons (Fsp3) is 0.320. The lowest BCUT2D eigenvalue weighted by atomic mass is 10.00. The number of rotatable bonds is 8. The van der Waals surface area contributed by atoms with Gasteiger partial charge in [0.1, 0.15) is 9.84 Å². The molecule has 0 aliphatic rings. The highest BCUT2D eigenvalue weighted by atomic mass is 32.2. The van der Waals surface area contributed by atoms with Gasteiger partial charge in [0.2, 0.25) is 0 Å². The van der Waals surface area contributed by atoms with Crippen LogP contribution in [0.1, 0.15) is 29.8 Å². The van der Waals surface area contributed by atoms with Crippen LogP contribution in [0.4, 0.5) is 0 Å². The van der Waals surface area contributed by atoms with Crippen molar-refractivity contribution in [1.82, 2.24) is 19.5 Å². The van der Waals surface area contributed by atoms with E-state index >= 15 is 0 Å². The molecule has 1 N–H and O–H groups in total. The summed E-state index contributed by atoms with van der Waals surface area (Å²) in [6.07, 6.45) is 2.81. The third-order valence-corrected chi connectivity index (χ3v) is 6.63. The minimum Gasteiger partial charge on any atom is -0.491 e. The molecule has 35 heavy (non-hydrogen) atoms. The van der Waals surface area contributed by atoms with E-state index in [4.69, 9.17) is 9.47 Å².